The lowest BCUT2D eigenvalue weighted by molar-refractivity contribution is 0.0690. The van der Waals surface area contributed by atoms with Gasteiger partial charge < -0.3 is 9.51 Å². The summed E-state index contributed by atoms with van der Waals surface area (Å²) < 4.78 is 1.91. The van der Waals surface area contributed by atoms with Crippen LogP contribution in [0, 0.1) is 13.8 Å². The van der Waals surface area contributed by atoms with Gasteiger partial charge in [0.25, 0.3) is 0 Å². The van der Waals surface area contributed by atoms with Gasteiger partial charge in [0, 0.05) is 16.8 Å². The maximum atomic E-state index is 11.0. The van der Waals surface area contributed by atoms with Gasteiger partial charge in [0.15, 0.2) is 5.69 Å². The number of hydrogen-bond donors (Lipinski definition) is 1. The lowest BCUT2D eigenvalue weighted by Crippen LogP contribution is -2.01. The number of carboxylic acid groups (broad SMARTS) is 1. The third kappa shape index (κ3) is 1.86. The maximum absolute atomic E-state index is 11.0. The average Bonchev–Trinajstić information content (AvgIpc) is 2.76. The number of nitrogens with zero attached hydrogens (tertiary/aromatic N) is 2. The SMILES string of the molecule is Cc1ccccc1-c1cc2cc(C(=O)O)ncn2c1C. The number of rotatable bonds is 2. The smallest absolute Gasteiger partial charge is 0.354 e. The highest BCUT2D eigenvalue weighted by atomic mass is 16.4. The number of hydrogen-bond acceptors (Lipinski definition) is 2. The Morgan fingerprint density at radius 2 is 1.90 bits per heavy atom. The zero-order chi connectivity index (χ0) is 14.3. The molecule has 4 heteroatoms. The number of carbonyl (C=O) groups is 1. The molecule has 3 aromatic rings. The van der Waals surface area contributed by atoms with Crippen molar-refractivity contribution in [3.8, 4) is 11.1 Å². The lowest BCUT2D eigenvalue weighted by atomic mass is 10.0. The molecule has 0 atom stereocenters. The van der Waals surface area contributed by atoms with E-state index in [1.165, 1.54) is 5.56 Å². The summed E-state index contributed by atoms with van der Waals surface area (Å²) in [5, 5.41) is 9.01. The second kappa shape index (κ2) is 4.49. The van der Waals surface area contributed by atoms with Crippen molar-refractivity contribution in [3.05, 3.63) is 59.7 Å². The van der Waals surface area contributed by atoms with Crippen LogP contribution in [0.4, 0.5) is 0 Å². The largest absolute Gasteiger partial charge is 0.477 e. The van der Waals surface area contributed by atoms with Gasteiger partial charge in [-0.3, -0.25) is 0 Å². The highest BCUT2D eigenvalue weighted by Gasteiger charge is 2.12. The van der Waals surface area contributed by atoms with Crippen molar-refractivity contribution in [3.63, 3.8) is 0 Å². The molecule has 2 aromatic heterocycles. The van der Waals surface area contributed by atoms with Crippen molar-refractivity contribution in [2.75, 3.05) is 0 Å². The van der Waals surface area contributed by atoms with E-state index < -0.39 is 5.97 Å². The Morgan fingerprint density at radius 1 is 1.15 bits per heavy atom. The molecule has 100 valence electrons. The molecule has 0 saturated heterocycles. The molecule has 0 saturated carbocycles. The Morgan fingerprint density at radius 3 is 2.60 bits per heavy atom. The fraction of sp³-hybridized carbons (Fsp3) is 0.125. The topological polar surface area (TPSA) is 54.6 Å². The van der Waals surface area contributed by atoms with E-state index in [2.05, 4.69) is 24.0 Å². The van der Waals surface area contributed by atoms with E-state index in [0.717, 1.165) is 22.3 Å². The molecule has 0 aliphatic carbocycles. The van der Waals surface area contributed by atoms with E-state index in [1.807, 2.05) is 29.5 Å². The van der Waals surface area contributed by atoms with E-state index in [4.69, 9.17) is 5.11 Å². The minimum Gasteiger partial charge on any atom is -0.477 e. The van der Waals surface area contributed by atoms with E-state index in [-0.39, 0.29) is 5.69 Å². The van der Waals surface area contributed by atoms with E-state index in [1.54, 1.807) is 12.4 Å². The molecule has 0 amide bonds. The Balaban J connectivity index is 2.26. The molecular formula is C16H14N2O2. The second-order valence-electron chi connectivity index (χ2n) is 4.83. The summed E-state index contributed by atoms with van der Waals surface area (Å²) in [5.74, 6) is -1.01. The van der Waals surface area contributed by atoms with Crippen LogP contribution >= 0.6 is 0 Å². The van der Waals surface area contributed by atoms with Gasteiger partial charge in [-0.05, 0) is 37.1 Å². The first-order valence-electron chi connectivity index (χ1n) is 6.35. The molecule has 20 heavy (non-hydrogen) atoms. The Labute approximate surface area is 116 Å². The fourth-order valence-corrected chi connectivity index (χ4v) is 2.47. The summed E-state index contributed by atoms with van der Waals surface area (Å²) in [6, 6.07) is 11.8. The van der Waals surface area contributed by atoms with Crippen LogP contribution in [0.2, 0.25) is 0 Å². The molecule has 4 nitrogen and oxygen atoms in total. The van der Waals surface area contributed by atoms with Crippen molar-refractivity contribution in [2.24, 2.45) is 0 Å². The Bertz CT molecular complexity index is 818. The fourth-order valence-electron chi connectivity index (χ4n) is 2.47. The zero-order valence-electron chi connectivity index (χ0n) is 11.3. The van der Waals surface area contributed by atoms with Crippen molar-refractivity contribution in [1.29, 1.82) is 0 Å². The van der Waals surface area contributed by atoms with Crippen molar-refractivity contribution in [2.45, 2.75) is 13.8 Å². The highest BCUT2D eigenvalue weighted by Crippen LogP contribution is 2.29. The van der Waals surface area contributed by atoms with E-state index in [9.17, 15) is 4.79 Å². The molecule has 0 aliphatic rings. The Kier molecular flexibility index (Phi) is 2.79. The minimum atomic E-state index is -1.01. The first-order chi connectivity index (χ1) is 9.58. The number of aromatic nitrogens is 2. The summed E-state index contributed by atoms with van der Waals surface area (Å²) in [7, 11) is 0. The number of aryl methyl sites for hydroxylation is 2. The number of aromatic carboxylic acids is 1. The summed E-state index contributed by atoms with van der Waals surface area (Å²) in [4.78, 5) is 14.9. The summed E-state index contributed by atoms with van der Waals surface area (Å²) in [5.41, 5.74) is 5.41. The predicted octanol–water partition coefficient (Wildman–Crippen LogP) is 3.32. The van der Waals surface area contributed by atoms with Crippen LogP contribution in [0.3, 0.4) is 0 Å². The molecule has 0 bridgehead atoms. The molecule has 0 radical (unpaired) electrons. The molecule has 1 aromatic carbocycles. The summed E-state index contributed by atoms with van der Waals surface area (Å²) in [6.45, 7) is 4.08. The van der Waals surface area contributed by atoms with Crippen molar-refractivity contribution < 1.29 is 9.90 Å². The highest BCUT2D eigenvalue weighted by molar-refractivity contribution is 5.87. The first kappa shape index (κ1) is 12.4. The van der Waals surface area contributed by atoms with Crippen LogP contribution in [0.15, 0.2) is 42.7 Å². The molecule has 0 aliphatic heterocycles. The monoisotopic (exact) mass is 266 g/mol. The number of benzene rings is 1. The summed E-state index contributed by atoms with van der Waals surface area (Å²) in [6.07, 6.45) is 1.57. The molecule has 0 unspecified atom stereocenters. The van der Waals surface area contributed by atoms with Gasteiger partial charge in [-0.1, -0.05) is 24.3 Å². The standard InChI is InChI=1S/C16H14N2O2/c1-10-5-3-4-6-13(10)14-7-12-8-15(16(19)20)17-9-18(12)11(14)2/h3-9H,1-2H3,(H,19,20). The van der Waals surface area contributed by atoms with Gasteiger partial charge in [0.2, 0.25) is 0 Å². The van der Waals surface area contributed by atoms with Gasteiger partial charge >= 0.3 is 5.97 Å². The predicted molar refractivity (Wildman–Crippen MR) is 77.1 cm³/mol. The first-order valence-corrected chi connectivity index (χ1v) is 6.35. The van der Waals surface area contributed by atoms with E-state index >= 15 is 0 Å². The van der Waals surface area contributed by atoms with E-state index in [0.29, 0.717) is 0 Å². The quantitative estimate of drug-likeness (QED) is 0.774. The van der Waals surface area contributed by atoms with Gasteiger partial charge in [0.1, 0.15) is 6.33 Å². The van der Waals surface area contributed by atoms with Gasteiger partial charge in [-0.25, -0.2) is 9.78 Å². The molecule has 0 spiro atoms. The molecule has 3 rings (SSSR count). The second-order valence-corrected chi connectivity index (χ2v) is 4.83. The molecular weight excluding hydrogens is 252 g/mol. The van der Waals surface area contributed by atoms with Crippen molar-refractivity contribution >= 4 is 11.5 Å². The van der Waals surface area contributed by atoms with Crippen LogP contribution in [0.5, 0.6) is 0 Å². The third-order valence-electron chi connectivity index (χ3n) is 3.57. The lowest BCUT2D eigenvalue weighted by Gasteiger charge is -2.04. The normalized spacial score (nSPS) is 10.9. The van der Waals surface area contributed by atoms with Gasteiger partial charge in [-0.2, -0.15) is 0 Å². The van der Waals surface area contributed by atoms with Crippen molar-refractivity contribution in [1.82, 2.24) is 9.38 Å². The average molecular weight is 266 g/mol. The van der Waals surface area contributed by atoms with Crippen LogP contribution in [0.1, 0.15) is 21.7 Å². The van der Waals surface area contributed by atoms with Gasteiger partial charge in [0.05, 0.1) is 0 Å². The maximum Gasteiger partial charge on any atom is 0.354 e. The zero-order valence-corrected chi connectivity index (χ0v) is 11.3. The molecule has 2 heterocycles. The van der Waals surface area contributed by atoms with Crippen LogP contribution in [-0.4, -0.2) is 20.5 Å². The van der Waals surface area contributed by atoms with Crippen LogP contribution in [-0.2, 0) is 0 Å². The van der Waals surface area contributed by atoms with Crippen LogP contribution in [0.25, 0.3) is 16.6 Å². The number of carboxylic acids is 1. The minimum absolute atomic E-state index is 0.0614. The summed E-state index contributed by atoms with van der Waals surface area (Å²) >= 11 is 0. The molecule has 1 N–H and O–H groups in total. The number of fused-ring (bicyclic) bond motifs is 1. The third-order valence-corrected chi connectivity index (χ3v) is 3.57. The Hall–Kier alpha value is -2.62. The molecule has 0 fully saturated rings. The van der Waals surface area contributed by atoms with Gasteiger partial charge in [-0.15, -0.1) is 0 Å². The van der Waals surface area contributed by atoms with Crippen LogP contribution < -0.4 is 0 Å².